The van der Waals surface area contributed by atoms with E-state index in [0.29, 0.717) is 35.7 Å². The van der Waals surface area contributed by atoms with E-state index in [4.69, 9.17) is 0 Å². The molecule has 1 amide bonds. The maximum Gasteiger partial charge on any atom is 0.331 e. The van der Waals surface area contributed by atoms with Crippen LogP contribution in [0.5, 0.6) is 0 Å². The fraction of sp³-hybridized carbons (Fsp3) is 0.550. The van der Waals surface area contributed by atoms with E-state index in [2.05, 4.69) is 13.8 Å². The van der Waals surface area contributed by atoms with Gasteiger partial charge in [-0.15, -0.1) is 0 Å². The molecule has 6 heteroatoms. The summed E-state index contributed by atoms with van der Waals surface area (Å²) in [5.41, 5.74) is -0.153. The number of fused-ring (bicyclic) bond motifs is 1. The number of amides is 1. The van der Waals surface area contributed by atoms with E-state index in [0.717, 1.165) is 19.5 Å². The number of aromatic nitrogens is 2. The molecule has 3 rings (SSSR count). The van der Waals surface area contributed by atoms with Crippen molar-refractivity contribution in [2.45, 2.75) is 46.7 Å². The smallest absolute Gasteiger partial charge is 0.331 e. The highest BCUT2D eigenvalue weighted by molar-refractivity contribution is 5.81. The molecule has 0 bridgehead atoms. The van der Waals surface area contributed by atoms with Crippen LogP contribution in [-0.2, 0) is 17.9 Å². The number of hydrogen-bond donors (Lipinski definition) is 0. The first-order valence-corrected chi connectivity index (χ1v) is 9.42. The summed E-state index contributed by atoms with van der Waals surface area (Å²) in [6.07, 6.45) is 1.80. The van der Waals surface area contributed by atoms with Gasteiger partial charge in [0.15, 0.2) is 0 Å². The number of para-hydroxylation sites is 1. The van der Waals surface area contributed by atoms with Gasteiger partial charge in [-0.3, -0.25) is 18.7 Å². The number of carbonyl (C=O) groups excluding carboxylic acids is 1. The number of piperidine rings is 1. The third-order valence-corrected chi connectivity index (χ3v) is 5.09. The van der Waals surface area contributed by atoms with Crippen molar-refractivity contribution in [3.63, 3.8) is 0 Å². The average Bonchev–Trinajstić information content (AvgIpc) is 2.61. The SMILES string of the molecule is CCCn1c(=O)c2ccccc2n(CC(=O)N2C[C@H](C)C[C@H](C)C2)c1=O. The fourth-order valence-corrected chi connectivity index (χ4v) is 4.05. The van der Waals surface area contributed by atoms with Crippen LogP contribution in [-0.4, -0.2) is 33.0 Å². The van der Waals surface area contributed by atoms with Gasteiger partial charge in [0.25, 0.3) is 5.56 Å². The predicted octanol–water partition coefficient (Wildman–Crippen LogP) is 2.08. The number of likely N-dealkylation sites (tertiary alicyclic amines) is 1. The van der Waals surface area contributed by atoms with Gasteiger partial charge in [0.1, 0.15) is 6.54 Å². The molecule has 6 nitrogen and oxygen atoms in total. The Hall–Kier alpha value is -2.37. The van der Waals surface area contributed by atoms with Crippen molar-refractivity contribution in [3.05, 3.63) is 45.1 Å². The molecule has 26 heavy (non-hydrogen) atoms. The second kappa shape index (κ2) is 7.48. The summed E-state index contributed by atoms with van der Waals surface area (Å²) in [5, 5.41) is 0.480. The first-order chi connectivity index (χ1) is 12.4. The summed E-state index contributed by atoms with van der Waals surface area (Å²) >= 11 is 0. The molecular weight excluding hydrogens is 330 g/mol. The Bertz CT molecular complexity index is 918. The summed E-state index contributed by atoms with van der Waals surface area (Å²) in [7, 11) is 0. The minimum Gasteiger partial charge on any atom is -0.341 e. The van der Waals surface area contributed by atoms with Crippen LogP contribution in [0.3, 0.4) is 0 Å². The maximum atomic E-state index is 12.9. The Balaban J connectivity index is 2.03. The largest absolute Gasteiger partial charge is 0.341 e. The molecule has 0 saturated carbocycles. The normalized spacial score (nSPS) is 20.5. The molecule has 140 valence electrons. The second-order valence-electron chi connectivity index (χ2n) is 7.59. The quantitative estimate of drug-likeness (QED) is 0.841. The molecule has 1 saturated heterocycles. The van der Waals surface area contributed by atoms with Gasteiger partial charge in [-0.05, 0) is 36.8 Å². The van der Waals surface area contributed by atoms with E-state index in [9.17, 15) is 14.4 Å². The van der Waals surface area contributed by atoms with Crippen molar-refractivity contribution in [1.82, 2.24) is 14.0 Å². The van der Waals surface area contributed by atoms with Gasteiger partial charge >= 0.3 is 5.69 Å². The highest BCUT2D eigenvalue weighted by atomic mass is 16.2. The molecule has 0 aliphatic carbocycles. The number of rotatable bonds is 4. The standard InChI is InChI=1S/C20H27N3O3/c1-4-9-22-19(25)16-7-5-6-8-17(16)23(20(22)26)13-18(24)21-11-14(2)10-15(3)12-21/h5-8,14-15H,4,9-13H2,1-3H3/t14-,15+. The van der Waals surface area contributed by atoms with Crippen LogP contribution >= 0.6 is 0 Å². The van der Waals surface area contributed by atoms with E-state index < -0.39 is 5.69 Å². The van der Waals surface area contributed by atoms with E-state index in [1.54, 1.807) is 24.3 Å². The molecule has 2 aromatic rings. The van der Waals surface area contributed by atoms with Crippen LogP contribution < -0.4 is 11.2 Å². The lowest BCUT2D eigenvalue weighted by molar-refractivity contribution is -0.134. The molecule has 2 atom stereocenters. The van der Waals surface area contributed by atoms with Crippen molar-refractivity contribution in [2.75, 3.05) is 13.1 Å². The zero-order valence-electron chi connectivity index (χ0n) is 15.8. The molecule has 1 aromatic heterocycles. The van der Waals surface area contributed by atoms with Gasteiger partial charge in [-0.1, -0.05) is 32.9 Å². The van der Waals surface area contributed by atoms with E-state index in [-0.39, 0.29) is 18.0 Å². The zero-order valence-corrected chi connectivity index (χ0v) is 15.8. The summed E-state index contributed by atoms with van der Waals surface area (Å²) < 4.78 is 2.70. The van der Waals surface area contributed by atoms with Crippen LogP contribution in [0, 0.1) is 11.8 Å². The first-order valence-electron chi connectivity index (χ1n) is 9.42. The Morgan fingerprint density at radius 1 is 1.08 bits per heavy atom. The van der Waals surface area contributed by atoms with Gasteiger partial charge in [-0.2, -0.15) is 0 Å². The summed E-state index contributed by atoms with van der Waals surface area (Å²) in [5.74, 6) is 0.868. The molecule has 1 aliphatic rings. The average molecular weight is 357 g/mol. The van der Waals surface area contributed by atoms with E-state index in [1.807, 2.05) is 11.8 Å². The van der Waals surface area contributed by atoms with Crippen LogP contribution in [0.25, 0.3) is 10.9 Å². The highest BCUT2D eigenvalue weighted by Crippen LogP contribution is 2.21. The number of nitrogens with zero attached hydrogens (tertiary/aromatic N) is 3. The van der Waals surface area contributed by atoms with Gasteiger partial charge in [-0.25, -0.2) is 4.79 Å². The summed E-state index contributed by atoms with van der Waals surface area (Å²) in [4.78, 5) is 40.3. The van der Waals surface area contributed by atoms with E-state index in [1.165, 1.54) is 9.13 Å². The molecule has 0 N–H and O–H groups in total. The minimum atomic E-state index is -0.401. The monoisotopic (exact) mass is 357 g/mol. The first kappa shape index (κ1) is 18.4. The predicted molar refractivity (Wildman–Crippen MR) is 102 cm³/mol. The Labute approximate surface area is 153 Å². The van der Waals surface area contributed by atoms with Crippen LogP contribution in [0.15, 0.2) is 33.9 Å². The highest BCUT2D eigenvalue weighted by Gasteiger charge is 2.26. The third-order valence-electron chi connectivity index (χ3n) is 5.09. The van der Waals surface area contributed by atoms with Gasteiger partial charge in [0.2, 0.25) is 5.91 Å². The molecule has 2 heterocycles. The molecule has 0 unspecified atom stereocenters. The van der Waals surface area contributed by atoms with Crippen molar-refractivity contribution in [3.8, 4) is 0 Å². The summed E-state index contributed by atoms with van der Waals surface area (Å²) in [6, 6.07) is 7.03. The van der Waals surface area contributed by atoms with E-state index >= 15 is 0 Å². The second-order valence-corrected chi connectivity index (χ2v) is 7.59. The van der Waals surface area contributed by atoms with Gasteiger partial charge < -0.3 is 4.90 Å². The summed E-state index contributed by atoms with van der Waals surface area (Å²) in [6.45, 7) is 8.01. The van der Waals surface area contributed by atoms with Crippen molar-refractivity contribution in [2.24, 2.45) is 11.8 Å². The number of hydrogen-bond acceptors (Lipinski definition) is 3. The lowest BCUT2D eigenvalue weighted by Crippen LogP contribution is -2.47. The molecule has 0 spiro atoms. The van der Waals surface area contributed by atoms with Crippen molar-refractivity contribution < 1.29 is 4.79 Å². The maximum absolute atomic E-state index is 12.9. The Morgan fingerprint density at radius 2 is 1.73 bits per heavy atom. The topological polar surface area (TPSA) is 64.3 Å². The molecule has 1 aromatic carbocycles. The van der Waals surface area contributed by atoms with Gasteiger partial charge in [0, 0.05) is 19.6 Å². The molecule has 0 radical (unpaired) electrons. The zero-order chi connectivity index (χ0) is 18.8. The number of carbonyl (C=O) groups is 1. The Kier molecular flexibility index (Phi) is 5.30. The fourth-order valence-electron chi connectivity index (χ4n) is 4.05. The van der Waals surface area contributed by atoms with Crippen molar-refractivity contribution in [1.29, 1.82) is 0 Å². The van der Waals surface area contributed by atoms with Crippen LogP contribution in [0.4, 0.5) is 0 Å². The Morgan fingerprint density at radius 3 is 2.38 bits per heavy atom. The van der Waals surface area contributed by atoms with Gasteiger partial charge in [0.05, 0.1) is 10.9 Å². The molecule has 1 fully saturated rings. The number of benzene rings is 1. The molecule has 1 aliphatic heterocycles. The molecular formula is C20H27N3O3. The lowest BCUT2D eigenvalue weighted by Gasteiger charge is -2.35. The third kappa shape index (κ3) is 3.45. The lowest BCUT2D eigenvalue weighted by atomic mass is 9.92. The van der Waals surface area contributed by atoms with Crippen LogP contribution in [0.2, 0.25) is 0 Å². The van der Waals surface area contributed by atoms with Crippen molar-refractivity contribution >= 4 is 16.8 Å². The minimum absolute atomic E-state index is 0.0250. The van der Waals surface area contributed by atoms with Crippen LogP contribution in [0.1, 0.15) is 33.6 Å².